The molecule has 19 heavy (non-hydrogen) atoms. The first kappa shape index (κ1) is 14.5. The highest BCUT2D eigenvalue weighted by molar-refractivity contribution is 7.11. The van der Waals surface area contributed by atoms with Crippen LogP contribution in [0, 0.1) is 19.8 Å². The van der Waals surface area contributed by atoms with E-state index in [2.05, 4.69) is 17.2 Å². The van der Waals surface area contributed by atoms with Gasteiger partial charge in [0, 0.05) is 18.5 Å². The van der Waals surface area contributed by atoms with Gasteiger partial charge in [-0.2, -0.15) is 0 Å². The van der Waals surface area contributed by atoms with Gasteiger partial charge >= 0.3 is 0 Å². The van der Waals surface area contributed by atoms with Crippen molar-refractivity contribution < 1.29 is 4.79 Å². The molecule has 2 unspecified atom stereocenters. The second-order valence-corrected chi connectivity index (χ2v) is 6.59. The number of carbonyl (C=O) groups excluding carboxylic acids is 1. The lowest BCUT2D eigenvalue weighted by Crippen LogP contribution is -2.42. The lowest BCUT2D eigenvalue weighted by Gasteiger charge is -2.30. The Morgan fingerprint density at radius 2 is 2.26 bits per heavy atom. The Bertz CT molecular complexity index is 452. The first-order chi connectivity index (χ1) is 9.00. The van der Waals surface area contributed by atoms with E-state index < -0.39 is 0 Å². The molecule has 0 aliphatic carbocycles. The van der Waals surface area contributed by atoms with Crippen molar-refractivity contribution in [1.82, 2.24) is 15.2 Å². The van der Waals surface area contributed by atoms with Gasteiger partial charge in [0.25, 0.3) is 0 Å². The number of nitrogens with one attached hydrogen (secondary N) is 1. The summed E-state index contributed by atoms with van der Waals surface area (Å²) in [6.45, 7) is 7.98. The number of hydrogen-bond acceptors (Lipinski definition) is 4. The van der Waals surface area contributed by atoms with E-state index in [1.807, 2.05) is 25.8 Å². The van der Waals surface area contributed by atoms with Gasteiger partial charge in [-0.05, 0) is 40.2 Å². The number of hydrogen-bond donors (Lipinski definition) is 1. The number of amides is 1. The van der Waals surface area contributed by atoms with E-state index in [-0.39, 0.29) is 17.9 Å². The molecule has 0 spiro atoms. The Hall–Kier alpha value is -0.940. The summed E-state index contributed by atoms with van der Waals surface area (Å²) in [6.07, 6.45) is 2.10. The van der Waals surface area contributed by atoms with Crippen LogP contribution in [0.1, 0.15) is 41.4 Å². The highest BCUT2D eigenvalue weighted by atomic mass is 32.1. The van der Waals surface area contributed by atoms with Crippen molar-refractivity contribution in [3.8, 4) is 0 Å². The highest BCUT2D eigenvalue weighted by Crippen LogP contribution is 2.29. The molecule has 2 atom stereocenters. The average Bonchev–Trinajstić information content (AvgIpc) is 2.76. The van der Waals surface area contributed by atoms with Gasteiger partial charge in [-0.1, -0.05) is 0 Å². The maximum Gasteiger partial charge on any atom is 0.227 e. The fraction of sp³-hybridized carbons (Fsp3) is 0.714. The molecule has 0 radical (unpaired) electrons. The zero-order valence-electron chi connectivity index (χ0n) is 12.2. The molecular formula is C14H23N3OS. The van der Waals surface area contributed by atoms with Crippen molar-refractivity contribution >= 4 is 17.2 Å². The number of thiazole rings is 1. The predicted octanol–water partition coefficient (Wildman–Crippen LogP) is 2.28. The van der Waals surface area contributed by atoms with Gasteiger partial charge in [0.05, 0.1) is 22.7 Å². The first-order valence-corrected chi connectivity index (χ1v) is 7.73. The number of carbonyl (C=O) groups is 1. The average molecular weight is 281 g/mol. The van der Waals surface area contributed by atoms with Crippen molar-refractivity contribution in [3.63, 3.8) is 0 Å². The molecule has 106 valence electrons. The van der Waals surface area contributed by atoms with E-state index in [0.29, 0.717) is 0 Å². The molecule has 1 amide bonds. The van der Waals surface area contributed by atoms with E-state index in [1.165, 1.54) is 4.88 Å². The Labute approximate surface area is 119 Å². The Morgan fingerprint density at radius 1 is 1.53 bits per heavy atom. The van der Waals surface area contributed by atoms with Crippen LogP contribution in [0.25, 0.3) is 0 Å². The molecule has 2 rings (SSSR count). The van der Waals surface area contributed by atoms with Gasteiger partial charge in [-0.15, -0.1) is 11.3 Å². The van der Waals surface area contributed by atoms with Gasteiger partial charge in [0.15, 0.2) is 0 Å². The molecule has 1 aromatic rings. The van der Waals surface area contributed by atoms with E-state index >= 15 is 0 Å². The maximum atomic E-state index is 12.5. The number of rotatable bonds is 3. The topological polar surface area (TPSA) is 45.2 Å². The van der Waals surface area contributed by atoms with Gasteiger partial charge in [-0.25, -0.2) is 4.98 Å². The minimum atomic E-state index is 0.112. The van der Waals surface area contributed by atoms with Gasteiger partial charge < -0.3 is 10.2 Å². The fourth-order valence-corrected chi connectivity index (χ4v) is 3.67. The normalized spacial score (nSPS) is 21.2. The Morgan fingerprint density at radius 3 is 2.79 bits per heavy atom. The Kier molecular flexibility index (Phi) is 4.58. The molecule has 1 aliphatic heterocycles. The number of nitrogens with zero attached hydrogens (tertiary/aromatic N) is 2. The van der Waals surface area contributed by atoms with Gasteiger partial charge in [-0.3, -0.25) is 4.79 Å². The fourth-order valence-electron chi connectivity index (χ4n) is 2.65. The third-order valence-electron chi connectivity index (χ3n) is 3.89. The van der Waals surface area contributed by atoms with Crippen molar-refractivity contribution in [1.29, 1.82) is 0 Å². The van der Waals surface area contributed by atoms with Crippen LogP contribution < -0.4 is 5.32 Å². The molecule has 4 nitrogen and oxygen atoms in total. The zero-order valence-corrected chi connectivity index (χ0v) is 13.0. The van der Waals surface area contributed by atoms with Crippen LogP contribution in [-0.4, -0.2) is 35.9 Å². The van der Waals surface area contributed by atoms with Crippen molar-refractivity contribution in [3.05, 3.63) is 15.6 Å². The molecule has 0 saturated carbocycles. The van der Waals surface area contributed by atoms with Crippen LogP contribution >= 0.6 is 11.3 Å². The van der Waals surface area contributed by atoms with Gasteiger partial charge in [0.1, 0.15) is 0 Å². The van der Waals surface area contributed by atoms with Crippen molar-refractivity contribution in [2.45, 2.75) is 39.7 Å². The minimum absolute atomic E-state index is 0.112. The lowest BCUT2D eigenvalue weighted by atomic mass is 9.97. The van der Waals surface area contributed by atoms with Crippen LogP contribution in [0.2, 0.25) is 0 Å². The monoisotopic (exact) mass is 281 g/mol. The number of aryl methyl sites for hydroxylation is 2. The summed E-state index contributed by atoms with van der Waals surface area (Å²) in [6, 6.07) is 0.112. The summed E-state index contributed by atoms with van der Waals surface area (Å²) in [7, 11) is 1.91. The molecule has 1 N–H and O–H groups in total. The molecule has 0 aromatic carbocycles. The SMILES string of the molecule is Cc1nc(C)c(C(C)N(C)C(=O)C2CCCNC2)s1. The highest BCUT2D eigenvalue weighted by Gasteiger charge is 2.28. The molecule has 0 bridgehead atoms. The summed E-state index contributed by atoms with van der Waals surface area (Å²) in [4.78, 5) is 20.0. The summed E-state index contributed by atoms with van der Waals surface area (Å²) in [5.41, 5.74) is 1.05. The molecule has 1 aromatic heterocycles. The third-order valence-corrected chi connectivity index (χ3v) is 5.14. The Balaban J connectivity index is 2.07. The van der Waals surface area contributed by atoms with Crippen LogP contribution in [-0.2, 0) is 4.79 Å². The predicted molar refractivity (Wildman–Crippen MR) is 78.4 cm³/mol. The van der Waals surface area contributed by atoms with E-state index in [4.69, 9.17) is 0 Å². The van der Waals surface area contributed by atoms with Crippen LogP contribution in [0.3, 0.4) is 0 Å². The second kappa shape index (κ2) is 6.01. The quantitative estimate of drug-likeness (QED) is 0.924. The molecule has 1 saturated heterocycles. The second-order valence-electron chi connectivity index (χ2n) is 5.35. The molecule has 5 heteroatoms. The zero-order chi connectivity index (χ0) is 14.0. The molecule has 2 heterocycles. The molecule has 1 aliphatic rings. The summed E-state index contributed by atoms with van der Waals surface area (Å²) in [5, 5.41) is 4.38. The summed E-state index contributed by atoms with van der Waals surface area (Å²) >= 11 is 1.69. The molecular weight excluding hydrogens is 258 g/mol. The van der Waals surface area contributed by atoms with E-state index in [0.717, 1.165) is 36.6 Å². The number of piperidine rings is 1. The van der Waals surface area contributed by atoms with E-state index in [9.17, 15) is 4.79 Å². The van der Waals surface area contributed by atoms with Gasteiger partial charge in [0.2, 0.25) is 5.91 Å². The third kappa shape index (κ3) is 3.15. The van der Waals surface area contributed by atoms with E-state index in [1.54, 1.807) is 11.3 Å². The van der Waals surface area contributed by atoms with Crippen molar-refractivity contribution in [2.24, 2.45) is 5.92 Å². The summed E-state index contributed by atoms with van der Waals surface area (Å²) in [5.74, 6) is 0.390. The maximum absolute atomic E-state index is 12.5. The number of aromatic nitrogens is 1. The molecule has 1 fully saturated rings. The van der Waals surface area contributed by atoms with Crippen LogP contribution in [0.4, 0.5) is 0 Å². The minimum Gasteiger partial charge on any atom is -0.338 e. The van der Waals surface area contributed by atoms with Crippen LogP contribution in [0.15, 0.2) is 0 Å². The standard InChI is InChI=1S/C14H23N3OS/c1-9-13(19-11(3)16-9)10(2)17(4)14(18)12-6-5-7-15-8-12/h10,12,15H,5-8H2,1-4H3. The largest absolute Gasteiger partial charge is 0.338 e. The van der Waals surface area contributed by atoms with Crippen LogP contribution in [0.5, 0.6) is 0 Å². The van der Waals surface area contributed by atoms with Crippen molar-refractivity contribution in [2.75, 3.05) is 20.1 Å². The first-order valence-electron chi connectivity index (χ1n) is 6.92. The smallest absolute Gasteiger partial charge is 0.227 e. The summed E-state index contributed by atoms with van der Waals surface area (Å²) < 4.78 is 0. The lowest BCUT2D eigenvalue weighted by molar-refractivity contribution is -0.136.